The molecule has 0 aliphatic heterocycles. The second-order valence-corrected chi connectivity index (χ2v) is 1.91. The molecular formula is C6H10N2O. The SMILES string of the molecule is CCC(C)C(=O)NC#N. The highest BCUT2D eigenvalue weighted by Crippen LogP contribution is 1.98. The fourth-order valence-electron chi connectivity index (χ4n) is 0.364. The first-order valence-corrected chi connectivity index (χ1v) is 2.91. The second-order valence-electron chi connectivity index (χ2n) is 1.91. The molecule has 1 atom stereocenters. The van der Waals surface area contributed by atoms with Crippen LogP contribution in [-0.4, -0.2) is 5.91 Å². The normalized spacial score (nSPS) is 11.7. The third-order valence-corrected chi connectivity index (χ3v) is 1.24. The molecule has 50 valence electrons. The summed E-state index contributed by atoms with van der Waals surface area (Å²) in [6, 6.07) is 0. The van der Waals surface area contributed by atoms with E-state index in [2.05, 4.69) is 5.32 Å². The van der Waals surface area contributed by atoms with Crippen molar-refractivity contribution in [1.29, 1.82) is 5.26 Å². The topological polar surface area (TPSA) is 52.9 Å². The number of nitrogens with one attached hydrogen (secondary N) is 1. The predicted molar refractivity (Wildman–Crippen MR) is 33.2 cm³/mol. The van der Waals surface area contributed by atoms with Crippen LogP contribution in [0.2, 0.25) is 0 Å². The summed E-state index contributed by atoms with van der Waals surface area (Å²) in [5.41, 5.74) is 0. The van der Waals surface area contributed by atoms with Crippen LogP contribution in [0.4, 0.5) is 0 Å². The van der Waals surface area contributed by atoms with Crippen molar-refractivity contribution in [2.75, 3.05) is 0 Å². The summed E-state index contributed by atoms with van der Waals surface area (Å²) in [5.74, 6) is -0.246. The number of carbonyl (C=O) groups is 1. The maximum absolute atomic E-state index is 10.6. The van der Waals surface area contributed by atoms with Gasteiger partial charge in [0.25, 0.3) is 0 Å². The van der Waals surface area contributed by atoms with E-state index in [0.717, 1.165) is 6.42 Å². The number of hydrogen-bond acceptors (Lipinski definition) is 2. The van der Waals surface area contributed by atoms with E-state index in [1.54, 1.807) is 13.1 Å². The monoisotopic (exact) mass is 126 g/mol. The molecule has 0 aliphatic rings. The molecule has 0 aromatic heterocycles. The van der Waals surface area contributed by atoms with Gasteiger partial charge in [-0.15, -0.1) is 0 Å². The Balaban J connectivity index is 3.62. The van der Waals surface area contributed by atoms with E-state index in [1.165, 1.54) is 0 Å². The molecule has 1 unspecified atom stereocenters. The van der Waals surface area contributed by atoms with Crippen LogP contribution < -0.4 is 5.32 Å². The smallest absolute Gasteiger partial charge is 0.235 e. The third kappa shape index (κ3) is 2.70. The number of carbonyl (C=O) groups excluding carboxylic acids is 1. The minimum absolute atomic E-state index is 0.0513. The number of rotatable bonds is 2. The predicted octanol–water partition coefficient (Wildman–Crippen LogP) is 0.630. The van der Waals surface area contributed by atoms with Gasteiger partial charge >= 0.3 is 0 Å². The van der Waals surface area contributed by atoms with E-state index in [-0.39, 0.29) is 11.8 Å². The summed E-state index contributed by atoms with van der Waals surface area (Å²) < 4.78 is 0. The first kappa shape index (κ1) is 7.96. The lowest BCUT2D eigenvalue weighted by Gasteiger charge is -2.01. The molecule has 0 saturated heterocycles. The Morgan fingerprint density at radius 3 is 2.78 bits per heavy atom. The highest BCUT2D eigenvalue weighted by atomic mass is 16.1. The van der Waals surface area contributed by atoms with Crippen LogP contribution in [0, 0.1) is 17.4 Å². The number of hydrogen-bond donors (Lipinski definition) is 1. The summed E-state index contributed by atoms with van der Waals surface area (Å²) in [6.07, 6.45) is 2.35. The largest absolute Gasteiger partial charge is 0.274 e. The highest BCUT2D eigenvalue weighted by Gasteiger charge is 2.07. The molecule has 0 bridgehead atoms. The molecule has 0 aromatic rings. The zero-order chi connectivity index (χ0) is 7.28. The Morgan fingerprint density at radius 2 is 2.44 bits per heavy atom. The Morgan fingerprint density at radius 1 is 1.89 bits per heavy atom. The average Bonchev–Trinajstić information content (AvgIpc) is 1.87. The Labute approximate surface area is 54.7 Å². The van der Waals surface area contributed by atoms with Gasteiger partial charge in [-0.1, -0.05) is 13.8 Å². The van der Waals surface area contributed by atoms with Gasteiger partial charge in [0.1, 0.15) is 0 Å². The highest BCUT2D eigenvalue weighted by molar-refractivity contribution is 5.79. The molecule has 0 fully saturated rings. The van der Waals surface area contributed by atoms with Gasteiger partial charge in [0, 0.05) is 5.92 Å². The van der Waals surface area contributed by atoms with E-state index in [9.17, 15) is 4.79 Å². The van der Waals surface area contributed by atoms with E-state index in [4.69, 9.17) is 5.26 Å². The lowest BCUT2D eigenvalue weighted by atomic mass is 10.1. The molecule has 0 radical (unpaired) electrons. The standard InChI is InChI=1S/C6H10N2O/c1-3-5(2)6(9)8-4-7/h5H,3H2,1-2H3,(H,8,9). The van der Waals surface area contributed by atoms with Crippen molar-refractivity contribution < 1.29 is 4.79 Å². The minimum atomic E-state index is -0.194. The fourth-order valence-corrected chi connectivity index (χ4v) is 0.364. The van der Waals surface area contributed by atoms with Crippen LogP contribution in [0.3, 0.4) is 0 Å². The quantitative estimate of drug-likeness (QED) is 0.436. The van der Waals surface area contributed by atoms with Crippen LogP contribution in [0.25, 0.3) is 0 Å². The molecule has 9 heavy (non-hydrogen) atoms. The minimum Gasteiger partial charge on any atom is -0.274 e. The number of nitriles is 1. The summed E-state index contributed by atoms with van der Waals surface area (Å²) in [4.78, 5) is 10.6. The number of nitrogens with zero attached hydrogens (tertiary/aromatic N) is 1. The van der Waals surface area contributed by atoms with Gasteiger partial charge in [-0.25, -0.2) is 0 Å². The summed E-state index contributed by atoms with van der Waals surface area (Å²) in [5, 5.41) is 10.1. The van der Waals surface area contributed by atoms with Gasteiger partial charge in [-0.2, -0.15) is 5.26 Å². The molecule has 0 aromatic carbocycles. The van der Waals surface area contributed by atoms with Gasteiger partial charge < -0.3 is 0 Å². The van der Waals surface area contributed by atoms with E-state index < -0.39 is 0 Å². The molecule has 0 saturated carbocycles. The van der Waals surface area contributed by atoms with Crippen LogP contribution in [0.15, 0.2) is 0 Å². The van der Waals surface area contributed by atoms with Crippen molar-refractivity contribution in [1.82, 2.24) is 5.32 Å². The zero-order valence-electron chi connectivity index (χ0n) is 5.64. The molecular weight excluding hydrogens is 116 g/mol. The van der Waals surface area contributed by atoms with Crippen LogP contribution >= 0.6 is 0 Å². The van der Waals surface area contributed by atoms with Gasteiger partial charge in [-0.3, -0.25) is 10.1 Å². The third-order valence-electron chi connectivity index (χ3n) is 1.24. The van der Waals surface area contributed by atoms with Crippen molar-refractivity contribution in [3.05, 3.63) is 0 Å². The van der Waals surface area contributed by atoms with Gasteiger partial charge in [0.05, 0.1) is 0 Å². The van der Waals surface area contributed by atoms with Gasteiger partial charge in [-0.05, 0) is 6.42 Å². The first-order chi connectivity index (χ1) is 4.22. The summed E-state index contributed by atoms with van der Waals surface area (Å²) in [7, 11) is 0. The van der Waals surface area contributed by atoms with Crippen molar-refractivity contribution in [3.8, 4) is 6.19 Å². The van der Waals surface area contributed by atoms with E-state index in [1.807, 2.05) is 6.92 Å². The molecule has 0 spiro atoms. The van der Waals surface area contributed by atoms with E-state index in [0.29, 0.717) is 0 Å². The molecule has 3 nitrogen and oxygen atoms in total. The average molecular weight is 126 g/mol. The molecule has 1 amide bonds. The lowest BCUT2D eigenvalue weighted by Crippen LogP contribution is -2.24. The van der Waals surface area contributed by atoms with Crippen LogP contribution in [-0.2, 0) is 4.79 Å². The summed E-state index contributed by atoms with van der Waals surface area (Å²) >= 11 is 0. The Hall–Kier alpha value is -1.04. The van der Waals surface area contributed by atoms with Crippen molar-refractivity contribution >= 4 is 5.91 Å². The Bertz CT molecular complexity index is 136. The molecule has 0 rings (SSSR count). The van der Waals surface area contributed by atoms with E-state index >= 15 is 0 Å². The molecule has 1 N–H and O–H groups in total. The molecule has 3 heteroatoms. The number of amides is 1. The maximum Gasteiger partial charge on any atom is 0.235 e. The van der Waals surface area contributed by atoms with Gasteiger partial charge in [0.15, 0.2) is 6.19 Å². The first-order valence-electron chi connectivity index (χ1n) is 2.91. The maximum atomic E-state index is 10.6. The summed E-state index contributed by atoms with van der Waals surface area (Å²) in [6.45, 7) is 3.69. The van der Waals surface area contributed by atoms with Gasteiger partial charge in [0.2, 0.25) is 5.91 Å². The van der Waals surface area contributed by atoms with Crippen LogP contribution in [0.1, 0.15) is 20.3 Å². The zero-order valence-corrected chi connectivity index (χ0v) is 5.64. The van der Waals surface area contributed by atoms with Crippen LogP contribution in [0.5, 0.6) is 0 Å². The second kappa shape index (κ2) is 3.90. The lowest BCUT2D eigenvalue weighted by molar-refractivity contribution is -0.123. The molecule has 0 heterocycles. The Kier molecular flexibility index (Phi) is 3.45. The van der Waals surface area contributed by atoms with Crippen molar-refractivity contribution in [2.24, 2.45) is 5.92 Å². The van der Waals surface area contributed by atoms with Crippen molar-refractivity contribution in [3.63, 3.8) is 0 Å². The fraction of sp³-hybridized carbons (Fsp3) is 0.667. The van der Waals surface area contributed by atoms with Crippen molar-refractivity contribution in [2.45, 2.75) is 20.3 Å². The molecule has 0 aliphatic carbocycles.